The van der Waals surface area contributed by atoms with Gasteiger partial charge in [-0.2, -0.15) is 0 Å². The molecule has 14 heavy (non-hydrogen) atoms. The van der Waals surface area contributed by atoms with Gasteiger partial charge in [-0.1, -0.05) is 12.2 Å². The number of hydrogen-bond donors (Lipinski definition) is 1. The Morgan fingerprint density at radius 1 is 1.07 bits per heavy atom. The summed E-state index contributed by atoms with van der Waals surface area (Å²) < 4.78 is 50.8. The van der Waals surface area contributed by atoms with Crippen molar-refractivity contribution >= 4 is 6.08 Å². The molecule has 1 nitrogen and oxygen atoms in total. The lowest BCUT2D eigenvalue weighted by Crippen LogP contribution is -1.98. The number of hydrogen-bond acceptors (Lipinski definition) is 1. The molecule has 0 aliphatic rings. The SMILES string of the molecule is OC/C=C/c1c(F)c(F)cc(F)c1F. The summed E-state index contributed by atoms with van der Waals surface area (Å²) >= 11 is 0. The summed E-state index contributed by atoms with van der Waals surface area (Å²) in [5.74, 6) is -5.90. The predicted octanol–water partition coefficient (Wildman–Crippen LogP) is 2.25. The number of benzene rings is 1. The van der Waals surface area contributed by atoms with Gasteiger partial charge < -0.3 is 5.11 Å². The molecule has 0 heterocycles. The van der Waals surface area contributed by atoms with Crippen LogP contribution in [0.2, 0.25) is 0 Å². The Morgan fingerprint density at radius 3 is 2.00 bits per heavy atom. The fourth-order valence-electron chi connectivity index (χ4n) is 0.909. The van der Waals surface area contributed by atoms with E-state index in [9.17, 15) is 17.6 Å². The first-order valence-corrected chi connectivity index (χ1v) is 3.68. The molecule has 1 N–H and O–H groups in total. The van der Waals surface area contributed by atoms with Crippen molar-refractivity contribution in [3.63, 3.8) is 0 Å². The first-order chi connectivity index (χ1) is 6.57. The topological polar surface area (TPSA) is 20.2 Å². The van der Waals surface area contributed by atoms with Gasteiger partial charge in [0.05, 0.1) is 12.2 Å². The zero-order valence-corrected chi connectivity index (χ0v) is 6.90. The van der Waals surface area contributed by atoms with Crippen molar-refractivity contribution in [2.75, 3.05) is 6.61 Å². The summed E-state index contributed by atoms with van der Waals surface area (Å²) in [5, 5.41) is 8.33. The van der Waals surface area contributed by atoms with Crippen LogP contribution in [0.5, 0.6) is 0 Å². The van der Waals surface area contributed by atoms with E-state index < -0.39 is 35.4 Å². The molecule has 1 rings (SSSR count). The molecule has 0 atom stereocenters. The summed E-state index contributed by atoms with van der Waals surface area (Å²) in [6, 6.07) is 0.126. The van der Waals surface area contributed by atoms with Gasteiger partial charge in [0.25, 0.3) is 0 Å². The van der Waals surface area contributed by atoms with Gasteiger partial charge in [-0.05, 0) is 0 Å². The van der Waals surface area contributed by atoms with Crippen LogP contribution in [0.4, 0.5) is 17.6 Å². The van der Waals surface area contributed by atoms with Crippen LogP contribution in [0.25, 0.3) is 6.08 Å². The summed E-state index contributed by atoms with van der Waals surface area (Å²) in [4.78, 5) is 0. The molecule has 0 aliphatic heterocycles. The minimum Gasteiger partial charge on any atom is -0.392 e. The minimum atomic E-state index is -1.48. The molecule has 0 bridgehead atoms. The van der Waals surface area contributed by atoms with E-state index in [2.05, 4.69) is 0 Å². The van der Waals surface area contributed by atoms with Gasteiger partial charge >= 0.3 is 0 Å². The molecule has 1 aromatic carbocycles. The van der Waals surface area contributed by atoms with E-state index in [0.29, 0.717) is 0 Å². The zero-order valence-electron chi connectivity index (χ0n) is 6.90. The molecule has 0 aliphatic carbocycles. The quantitative estimate of drug-likeness (QED) is 0.581. The van der Waals surface area contributed by atoms with Crippen LogP contribution >= 0.6 is 0 Å². The highest BCUT2D eigenvalue weighted by Gasteiger charge is 2.16. The van der Waals surface area contributed by atoms with Gasteiger partial charge in [0.1, 0.15) is 0 Å². The number of aliphatic hydroxyl groups excluding tert-OH is 1. The van der Waals surface area contributed by atoms with Crippen molar-refractivity contribution < 1.29 is 22.7 Å². The van der Waals surface area contributed by atoms with E-state index in [1.165, 1.54) is 0 Å². The Labute approximate surface area is 77.3 Å². The van der Waals surface area contributed by atoms with Gasteiger partial charge in [-0.25, -0.2) is 17.6 Å². The van der Waals surface area contributed by atoms with Gasteiger partial charge in [0.15, 0.2) is 23.3 Å². The largest absolute Gasteiger partial charge is 0.392 e. The van der Waals surface area contributed by atoms with Crippen molar-refractivity contribution in [3.05, 3.63) is 41.0 Å². The normalized spacial score (nSPS) is 11.2. The van der Waals surface area contributed by atoms with E-state index in [4.69, 9.17) is 5.11 Å². The Morgan fingerprint density at radius 2 is 1.57 bits per heavy atom. The zero-order chi connectivity index (χ0) is 10.7. The molecule has 0 amide bonds. The molecule has 0 fully saturated rings. The molecule has 0 radical (unpaired) electrons. The van der Waals surface area contributed by atoms with Crippen LogP contribution in [0, 0.1) is 23.3 Å². The van der Waals surface area contributed by atoms with Gasteiger partial charge in [0, 0.05) is 6.07 Å². The predicted molar refractivity (Wildman–Crippen MR) is 42.4 cm³/mol. The Kier molecular flexibility index (Phi) is 3.24. The monoisotopic (exact) mass is 206 g/mol. The molecule has 0 saturated carbocycles. The van der Waals surface area contributed by atoms with E-state index in [0.717, 1.165) is 12.2 Å². The fourth-order valence-corrected chi connectivity index (χ4v) is 0.909. The van der Waals surface area contributed by atoms with Crippen LogP contribution in [0.15, 0.2) is 12.1 Å². The smallest absolute Gasteiger partial charge is 0.169 e. The Bertz CT molecular complexity index is 347. The first-order valence-electron chi connectivity index (χ1n) is 3.68. The minimum absolute atomic E-state index is 0.126. The molecule has 5 heteroatoms. The second-order valence-electron chi connectivity index (χ2n) is 2.47. The molecule has 76 valence electrons. The van der Waals surface area contributed by atoms with Crippen LogP contribution in [0.1, 0.15) is 5.56 Å². The Hall–Kier alpha value is -1.36. The van der Waals surface area contributed by atoms with Crippen molar-refractivity contribution in [2.45, 2.75) is 0 Å². The standard InChI is InChI=1S/C9H6F4O/c10-6-4-7(11)9(13)5(8(6)12)2-1-3-14/h1-2,4,14H,3H2/b2-1+. The summed E-state index contributed by atoms with van der Waals surface area (Å²) in [6.07, 6.45) is 1.75. The molecule has 0 saturated heterocycles. The van der Waals surface area contributed by atoms with Gasteiger partial charge in [-0.15, -0.1) is 0 Å². The van der Waals surface area contributed by atoms with Crippen molar-refractivity contribution in [2.24, 2.45) is 0 Å². The maximum absolute atomic E-state index is 12.9. The van der Waals surface area contributed by atoms with Crippen LogP contribution in [0.3, 0.4) is 0 Å². The van der Waals surface area contributed by atoms with E-state index in [1.807, 2.05) is 0 Å². The average molecular weight is 206 g/mol. The molecule has 0 unspecified atom stereocenters. The fraction of sp³-hybridized carbons (Fsp3) is 0.111. The van der Waals surface area contributed by atoms with E-state index >= 15 is 0 Å². The third-order valence-corrected chi connectivity index (χ3v) is 1.54. The highest BCUT2D eigenvalue weighted by atomic mass is 19.2. The second kappa shape index (κ2) is 4.23. The summed E-state index contributed by atoms with van der Waals surface area (Å²) in [6.45, 7) is -0.475. The first kappa shape index (κ1) is 10.7. The van der Waals surface area contributed by atoms with Gasteiger partial charge in [0.2, 0.25) is 0 Å². The van der Waals surface area contributed by atoms with Crippen LogP contribution in [-0.4, -0.2) is 11.7 Å². The van der Waals surface area contributed by atoms with E-state index in [-0.39, 0.29) is 6.07 Å². The lowest BCUT2D eigenvalue weighted by molar-refractivity contribution is 0.343. The molecule has 1 aromatic rings. The lowest BCUT2D eigenvalue weighted by atomic mass is 10.1. The lowest BCUT2D eigenvalue weighted by Gasteiger charge is -2.01. The van der Waals surface area contributed by atoms with Crippen LogP contribution < -0.4 is 0 Å². The molecule has 0 spiro atoms. The summed E-state index contributed by atoms with van der Waals surface area (Å²) in [7, 11) is 0. The Balaban J connectivity index is 3.32. The highest BCUT2D eigenvalue weighted by molar-refractivity contribution is 5.51. The number of rotatable bonds is 2. The molecular formula is C9H6F4O. The average Bonchev–Trinajstić information content (AvgIpc) is 2.15. The molecule has 0 aromatic heterocycles. The highest BCUT2D eigenvalue weighted by Crippen LogP contribution is 2.20. The molecular weight excluding hydrogens is 200 g/mol. The maximum atomic E-state index is 12.9. The third-order valence-electron chi connectivity index (χ3n) is 1.54. The van der Waals surface area contributed by atoms with Crippen molar-refractivity contribution in [3.8, 4) is 0 Å². The number of aliphatic hydroxyl groups is 1. The van der Waals surface area contributed by atoms with Gasteiger partial charge in [-0.3, -0.25) is 0 Å². The third kappa shape index (κ3) is 1.93. The summed E-state index contributed by atoms with van der Waals surface area (Å²) in [5.41, 5.74) is -0.837. The maximum Gasteiger partial charge on any atom is 0.169 e. The van der Waals surface area contributed by atoms with Crippen molar-refractivity contribution in [1.29, 1.82) is 0 Å². The van der Waals surface area contributed by atoms with Crippen LogP contribution in [-0.2, 0) is 0 Å². The van der Waals surface area contributed by atoms with E-state index in [1.54, 1.807) is 0 Å². The second-order valence-corrected chi connectivity index (χ2v) is 2.47. The number of halogens is 4. The van der Waals surface area contributed by atoms with Crippen molar-refractivity contribution in [1.82, 2.24) is 0 Å².